The second kappa shape index (κ2) is 3.53. The first-order chi connectivity index (χ1) is 7.09. The van der Waals surface area contributed by atoms with Crippen LogP contribution in [0.15, 0.2) is 12.1 Å². The number of rotatable bonds is 2. The molecule has 1 saturated carbocycles. The summed E-state index contributed by atoms with van der Waals surface area (Å²) in [7, 11) is 0. The fourth-order valence-corrected chi connectivity index (χ4v) is 2.36. The van der Waals surface area contributed by atoms with Crippen LogP contribution in [0, 0.1) is 13.8 Å². The van der Waals surface area contributed by atoms with Gasteiger partial charge in [0.1, 0.15) is 5.75 Å². The van der Waals surface area contributed by atoms with Gasteiger partial charge < -0.3 is 10.8 Å². The van der Waals surface area contributed by atoms with Gasteiger partial charge in [-0.25, -0.2) is 0 Å². The van der Waals surface area contributed by atoms with Crippen molar-refractivity contribution in [2.24, 2.45) is 5.73 Å². The fraction of sp³-hybridized carbons (Fsp3) is 0.538. The monoisotopic (exact) mass is 205 g/mol. The van der Waals surface area contributed by atoms with E-state index in [2.05, 4.69) is 6.07 Å². The zero-order chi connectivity index (χ0) is 11.1. The second-order valence-corrected chi connectivity index (χ2v) is 4.78. The maximum absolute atomic E-state index is 9.82. The van der Waals surface area contributed by atoms with Gasteiger partial charge >= 0.3 is 0 Å². The van der Waals surface area contributed by atoms with Crippen molar-refractivity contribution in [3.8, 4) is 5.75 Å². The van der Waals surface area contributed by atoms with E-state index in [0.29, 0.717) is 12.3 Å². The number of hydrogen-bond donors (Lipinski definition) is 2. The van der Waals surface area contributed by atoms with E-state index in [1.165, 1.54) is 12.0 Å². The number of aromatic hydroxyl groups is 1. The Morgan fingerprint density at radius 2 is 2.00 bits per heavy atom. The Labute approximate surface area is 91.1 Å². The Morgan fingerprint density at radius 3 is 2.40 bits per heavy atom. The van der Waals surface area contributed by atoms with E-state index in [-0.39, 0.29) is 5.41 Å². The van der Waals surface area contributed by atoms with Crippen LogP contribution in [0.5, 0.6) is 5.75 Å². The van der Waals surface area contributed by atoms with Gasteiger partial charge in [0, 0.05) is 12.0 Å². The first-order valence-electron chi connectivity index (χ1n) is 5.60. The van der Waals surface area contributed by atoms with Gasteiger partial charge in [0.2, 0.25) is 0 Å². The molecule has 0 unspecified atom stereocenters. The van der Waals surface area contributed by atoms with Gasteiger partial charge in [0.25, 0.3) is 0 Å². The fourth-order valence-electron chi connectivity index (χ4n) is 2.36. The highest BCUT2D eigenvalue weighted by Gasteiger charge is 2.37. The number of aryl methyl sites for hydroxylation is 1. The van der Waals surface area contributed by atoms with Crippen molar-refractivity contribution in [1.29, 1.82) is 0 Å². The second-order valence-electron chi connectivity index (χ2n) is 4.78. The van der Waals surface area contributed by atoms with Gasteiger partial charge in [-0.2, -0.15) is 0 Å². The van der Waals surface area contributed by atoms with Gasteiger partial charge in [0.05, 0.1) is 0 Å². The lowest BCUT2D eigenvalue weighted by atomic mass is 9.64. The van der Waals surface area contributed by atoms with Crippen molar-refractivity contribution in [3.63, 3.8) is 0 Å². The van der Waals surface area contributed by atoms with Crippen molar-refractivity contribution in [2.45, 2.75) is 38.5 Å². The van der Waals surface area contributed by atoms with Crippen LogP contribution >= 0.6 is 0 Å². The molecule has 0 spiro atoms. The van der Waals surface area contributed by atoms with Crippen LogP contribution in [-0.2, 0) is 5.41 Å². The molecule has 3 N–H and O–H groups in total. The highest BCUT2D eigenvalue weighted by Crippen LogP contribution is 2.44. The lowest BCUT2D eigenvalue weighted by Crippen LogP contribution is -2.41. The molecule has 2 heteroatoms. The third kappa shape index (κ3) is 1.53. The summed E-state index contributed by atoms with van der Waals surface area (Å²) in [5.41, 5.74) is 9.36. The molecular formula is C13H19NO. The highest BCUT2D eigenvalue weighted by molar-refractivity contribution is 5.45. The molecule has 0 amide bonds. The molecule has 1 aliphatic carbocycles. The van der Waals surface area contributed by atoms with E-state index < -0.39 is 0 Å². The van der Waals surface area contributed by atoms with Crippen LogP contribution in [0.4, 0.5) is 0 Å². The van der Waals surface area contributed by atoms with E-state index in [1.807, 2.05) is 19.9 Å². The molecule has 0 aliphatic heterocycles. The molecule has 1 aliphatic rings. The van der Waals surface area contributed by atoms with Crippen LogP contribution in [0.2, 0.25) is 0 Å². The Balaban J connectivity index is 2.45. The standard InChI is InChI=1S/C13H19NO/c1-9-6-11(7-12(15)10(9)2)13(8-14)4-3-5-13/h6-7,15H,3-5,8,14H2,1-2H3. The van der Waals surface area contributed by atoms with E-state index in [0.717, 1.165) is 24.0 Å². The predicted octanol–water partition coefficient (Wildman–Crippen LogP) is 2.39. The first kappa shape index (κ1) is 10.5. The molecule has 0 radical (unpaired) electrons. The average Bonchev–Trinajstić information content (AvgIpc) is 2.13. The number of phenolic OH excluding ortho intramolecular Hbond substituents is 1. The number of benzene rings is 1. The molecule has 2 rings (SSSR count). The zero-order valence-electron chi connectivity index (χ0n) is 9.51. The van der Waals surface area contributed by atoms with E-state index in [9.17, 15) is 5.11 Å². The van der Waals surface area contributed by atoms with Crippen LogP contribution in [0.25, 0.3) is 0 Å². The van der Waals surface area contributed by atoms with E-state index in [1.54, 1.807) is 0 Å². The van der Waals surface area contributed by atoms with Gasteiger partial charge in [0.15, 0.2) is 0 Å². The summed E-state index contributed by atoms with van der Waals surface area (Å²) in [4.78, 5) is 0. The van der Waals surface area contributed by atoms with Gasteiger partial charge in [-0.1, -0.05) is 12.5 Å². The van der Waals surface area contributed by atoms with Crippen molar-refractivity contribution in [1.82, 2.24) is 0 Å². The Morgan fingerprint density at radius 1 is 1.33 bits per heavy atom. The van der Waals surface area contributed by atoms with E-state index in [4.69, 9.17) is 5.73 Å². The molecule has 0 bridgehead atoms. The Kier molecular flexibility index (Phi) is 2.47. The summed E-state index contributed by atoms with van der Waals surface area (Å²) < 4.78 is 0. The summed E-state index contributed by atoms with van der Waals surface area (Å²) in [6, 6.07) is 4.08. The minimum Gasteiger partial charge on any atom is -0.508 e. The molecule has 1 aromatic rings. The van der Waals surface area contributed by atoms with Crippen LogP contribution < -0.4 is 5.73 Å². The zero-order valence-corrected chi connectivity index (χ0v) is 9.51. The molecule has 15 heavy (non-hydrogen) atoms. The maximum Gasteiger partial charge on any atom is 0.119 e. The van der Waals surface area contributed by atoms with Gasteiger partial charge in [-0.15, -0.1) is 0 Å². The lowest BCUT2D eigenvalue weighted by Gasteiger charge is -2.41. The topological polar surface area (TPSA) is 46.2 Å². The van der Waals surface area contributed by atoms with E-state index >= 15 is 0 Å². The number of phenols is 1. The van der Waals surface area contributed by atoms with Gasteiger partial charge in [-0.05, 0) is 49.4 Å². The predicted molar refractivity (Wildman–Crippen MR) is 62.2 cm³/mol. The van der Waals surface area contributed by atoms with Crippen molar-refractivity contribution < 1.29 is 5.11 Å². The summed E-state index contributed by atoms with van der Waals surface area (Å²) in [6.45, 7) is 4.68. The van der Waals surface area contributed by atoms with Crippen molar-refractivity contribution in [3.05, 3.63) is 28.8 Å². The minimum absolute atomic E-state index is 0.149. The largest absolute Gasteiger partial charge is 0.508 e. The smallest absolute Gasteiger partial charge is 0.119 e. The summed E-state index contributed by atoms with van der Waals surface area (Å²) in [5.74, 6) is 0.407. The number of nitrogens with two attached hydrogens (primary N) is 1. The van der Waals surface area contributed by atoms with Crippen molar-refractivity contribution >= 4 is 0 Å². The summed E-state index contributed by atoms with van der Waals surface area (Å²) in [5, 5.41) is 9.82. The molecule has 1 fully saturated rings. The lowest BCUT2D eigenvalue weighted by molar-refractivity contribution is 0.252. The van der Waals surface area contributed by atoms with Gasteiger partial charge in [-0.3, -0.25) is 0 Å². The molecule has 82 valence electrons. The average molecular weight is 205 g/mol. The minimum atomic E-state index is 0.149. The Bertz CT molecular complexity index is 352. The summed E-state index contributed by atoms with van der Waals surface area (Å²) >= 11 is 0. The molecule has 0 heterocycles. The normalized spacial score (nSPS) is 18.6. The molecular weight excluding hydrogens is 186 g/mol. The SMILES string of the molecule is Cc1cc(C2(CN)CCC2)cc(O)c1C. The Hall–Kier alpha value is -1.02. The number of hydrogen-bond acceptors (Lipinski definition) is 2. The quantitative estimate of drug-likeness (QED) is 0.778. The maximum atomic E-state index is 9.82. The molecule has 2 nitrogen and oxygen atoms in total. The highest BCUT2D eigenvalue weighted by atomic mass is 16.3. The molecule has 1 aromatic carbocycles. The first-order valence-corrected chi connectivity index (χ1v) is 5.60. The third-order valence-corrected chi connectivity index (χ3v) is 3.95. The van der Waals surface area contributed by atoms with Crippen LogP contribution in [0.1, 0.15) is 36.0 Å². The van der Waals surface area contributed by atoms with Crippen molar-refractivity contribution in [2.75, 3.05) is 6.54 Å². The third-order valence-electron chi connectivity index (χ3n) is 3.95. The summed E-state index contributed by atoms with van der Waals surface area (Å²) in [6.07, 6.45) is 3.57. The van der Waals surface area contributed by atoms with Crippen LogP contribution in [-0.4, -0.2) is 11.7 Å². The van der Waals surface area contributed by atoms with Crippen LogP contribution in [0.3, 0.4) is 0 Å². The molecule has 0 aromatic heterocycles. The molecule has 0 atom stereocenters. The molecule has 0 saturated heterocycles.